The normalized spacial score (nSPS) is 11.6. The van der Waals surface area contributed by atoms with Gasteiger partial charge in [-0.05, 0) is 47.9 Å². The zero-order chi connectivity index (χ0) is 24.9. The average molecular weight is 474 g/mol. The van der Waals surface area contributed by atoms with Crippen LogP contribution in [-0.2, 0) is 9.59 Å². The average Bonchev–Trinajstić information content (AvgIpc) is 2.90. The molecule has 184 valence electrons. The number of nitrogens with one attached hydrogen (secondary N) is 3. The summed E-state index contributed by atoms with van der Waals surface area (Å²) >= 11 is 0. The Morgan fingerprint density at radius 3 is 2.34 bits per heavy atom. The van der Waals surface area contributed by atoms with E-state index in [2.05, 4.69) is 40.2 Å². The lowest BCUT2D eigenvalue weighted by atomic mass is 10.0. The molecule has 3 aromatic rings. The van der Waals surface area contributed by atoms with E-state index < -0.39 is 0 Å². The number of carbonyl (C=O) groups excluding carboxylic acids is 3. The predicted molar refractivity (Wildman–Crippen MR) is 142 cm³/mol. The fraction of sp³-hybridized carbons (Fsp3) is 0.345. The van der Waals surface area contributed by atoms with Gasteiger partial charge in [-0.25, -0.2) is 0 Å². The second kappa shape index (κ2) is 13.9. The Hall–Kier alpha value is -3.67. The summed E-state index contributed by atoms with van der Waals surface area (Å²) in [5, 5.41) is 11.5. The summed E-state index contributed by atoms with van der Waals surface area (Å²) in [5.74, 6) is -0.199. The molecule has 3 N–H and O–H groups in total. The van der Waals surface area contributed by atoms with E-state index in [0.29, 0.717) is 30.7 Å². The molecule has 35 heavy (non-hydrogen) atoms. The van der Waals surface area contributed by atoms with Crippen molar-refractivity contribution in [3.63, 3.8) is 0 Å². The number of anilines is 1. The van der Waals surface area contributed by atoms with Crippen LogP contribution < -0.4 is 16.0 Å². The molecule has 0 fully saturated rings. The third kappa shape index (κ3) is 8.89. The molecule has 0 aliphatic heterocycles. The number of ketones is 1. The summed E-state index contributed by atoms with van der Waals surface area (Å²) in [4.78, 5) is 36.4. The maximum absolute atomic E-state index is 12.6. The van der Waals surface area contributed by atoms with Crippen LogP contribution in [0, 0.1) is 0 Å². The summed E-state index contributed by atoms with van der Waals surface area (Å²) in [6.07, 6.45) is 4.73. The molecule has 0 bridgehead atoms. The van der Waals surface area contributed by atoms with E-state index in [1.807, 2.05) is 31.2 Å². The van der Waals surface area contributed by atoms with E-state index >= 15 is 0 Å². The number of hydrogen-bond acceptors (Lipinski definition) is 4. The highest BCUT2D eigenvalue weighted by Crippen LogP contribution is 2.19. The van der Waals surface area contributed by atoms with E-state index in [1.54, 1.807) is 24.3 Å². The number of carbonyl (C=O) groups is 3. The number of benzene rings is 3. The van der Waals surface area contributed by atoms with Crippen LogP contribution in [-0.4, -0.2) is 36.7 Å². The Balaban J connectivity index is 1.52. The zero-order valence-electron chi connectivity index (χ0n) is 20.4. The van der Waals surface area contributed by atoms with Gasteiger partial charge in [0.2, 0.25) is 5.91 Å². The molecule has 6 nitrogen and oxygen atoms in total. The molecule has 3 aromatic carbocycles. The van der Waals surface area contributed by atoms with Crippen molar-refractivity contribution < 1.29 is 14.4 Å². The van der Waals surface area contributed by atoms with Gasteiger partial charge in [0.05, 0.1) is 6.54 Å². The van der Waals surface area contributed by atoms with Gasteiger partial charge >= 0.3 is 0 Å². The molecule has 0 aromatic heterocycles. The highest BCUT2D eigenvalue weighted by Gasteiger charge is 2.14. The number of Topliss-reactive ketones (excluding diaryl/α,β-unsaturated/α-hetero) is 1. The summed E-state index contributed by atoms with van der Waals surface area (Å²) < 4.78 is 0. The first-order chi connectivity index (χ1) is 17.0. The molecule has 6 heteroatoms. The van der Waals surface area contributed by atoms with Crippen molar-refractivity contribution >= 4 is 34.1 Å². The molecular weight excluding hydrogens is 438 g/mol. The summed E-state index contributed by atoms with van der Waals surface area (Å²) in [5.41, 5.74) is 1.52. The van der Waals surface area contributed by atoms with Crippen LogP contribution in [0.2, 0.25) is 0 Å². The number of unbranched alkanes of at least 4 members (excludes halogenated alkanes) is 2. The Labute approximate surface area is 207 Å². The second-order valence-electron chi connectivity index (χ2n) is 8.75. The first kappa shape index (κ1) is 25.9. The first-order valence-electron chi connectivity index (χ1n) is 12.4. The Morgan fingerprint density at radius 2 is 1.57 bits per heavy atom. The monoisotopic (exact) mass is 473 g/mol. The lowest BCUT2D eigenvalue weighted by Gasteiger charge is -2.20. The van der Waals surface area contributed by atoms with Crippen LogP contribution in [0.3, 0.4) is 0 Å². The van der Waals surface area contributed by atoms with Gasteiger partial charge in [-0.1, -0.05) is 68.3 Å². The van der Waals surface area contributed by atoms with Gasteiger partial charge in [0.1, 0.15) is 5.78 Å². The van der Waals surface area contributed by atoms with Gasteiger partial charge < -0.3 is 16.0 Å². The summed E-state index contributed by atoms with van der Waals surface area (Å²) in [7, 11) is 0. The van der Waals surface area contributed by atoms with Crippen molar-refractivity contribution in [2.24, 2.45) is 0 Å². The molecule has 0 saturated heterocycles. The highest BCUT2D eigenvalue weighted by atomic mass is 16.2. The molecule has 0 saturated carbocycles. The van der Waals surface area contributed by atoms with E-state index in [1.165, 1.54) is 5.39 Å². The predicted octanol–water partition coefficient (Wildman–Crippen LogP) is 5.10. The Bertz CT molecular complexity index is 1110. The van der Waals surface area contributed by atoms with Crippen LogP contribution in [0.5, 0.6) is 0 Å². The van der Waals surface area contributed by atoms with Crippen molar-refractivity contribution in [2.75, 3.05) is 18.4 Å². The van der Waals surface area contributed by atoms with Crippen molar-refractivity contribution in [3.05, 3.63) is 78.4 Å². The molecule has 1 unspecified atom stereocenters. The molecule has 3 rings (SSSR count). The van der Waals surface area contributed by atoms with Gasteiger partial charge in [0.25, 0.3) is 5.91 Å². The highest BCUT2D eigenvalue weighted by molar-refractivity contribution is 5.96. The number of fused-ring (bicyclic) bond motifs is 1. The van der Waals surface area contributed by atoms with Gasteiger partial charge in [-0.3, -0.25) is 14.4 Å². The topological polar surface area (TPSA) is 87.3 Å². The SMILES string of the molecule is CCC(=O)CCCCCC(CNc1ccc2ccccc2c1)NC(=O)CNC(=O)c1ccccc1. The molecule has 0 radical (unpaired) electrons. The molecule has 1 atom stereocenters. The first-order valence-corrected chi connectivity index (χ1v) is 12.4. The maximum Gasteiger partial charge on any atom is 0.251 e. The molecule has 0 aliphatic rings. The number of amides is 2. The van der Waals surface area contributed by atoms with Gasteiger partial charge in [0.15, 0.2) is 0 Å². The van der Waals surface area contributed by atoms with E-state index in [9.17, 15) is 14.4 Å². The fourth-order valence-corrected chi connectivity index (χ4v) is 3.96. The molecule has 0 aliphatic carbocycles. The van der Waals surface area contributed by atoms with Crippen molar-refractivity contribution in [2.45, 2.75) is 51.5 Å². The molecule has 0 spiro atoms. The van der Waals surface area contributed by atoms with Gasteiger partial charge in [0, 0.05) is 36.7 Å². The number of hydrogen-bond donors (Lipinski definition) is 3. The van der Waals surface area contributed by atoms with E-state index in [0.717, 1.165) is 36.8 Å². The molecule has 0 heterocycles. The lowest BCUT2D eigenvalue weighted by molar-refractivity contribution is -0.121. The lowest BCUT2D eigenvalue weighted by Crippen LogP contribution is -2.44. The van der Waals surface area contributed by atoms with E-state index in [4.69, 9.17) is 0 Å². The van der Waals surface area contributed by atoms with Gasteiger partial charge in [-0.2, -0.15) is 0 Å². The minimum absolute atomic E-state index is 0.0782. The fourth-order valence-electron chi connectivity index (χ4n) is 3.96. The van der Waals surface area contributed by atoms with Crippen LogP contribution in [0.15, 0.2) is 72.8 Å². The minimum Gasteiger partial charge on any atom is -0.383 e. The summed E-state index contributed by atoms with van der Waals surface area (Å²) in [6, 6.07) is 23.2. The second-order valence-corrected chi connectivity index (χ2v) is 8.75. The largest absolute Gasteiger partial charge is 0.383 e. The smallest absolute Gasteiger partial charge is 0.251 e. The Kier molecular flexibility index (Phi) is 10.3. The van der Waals surface area contributed by atoms with Gasteiger partial charge in [-0.15, -0.1) is 0 Å². The quantitative estimate of drug-likeness (QED) is 0.284. The third-order valence-electron chi connectivity index (χ3n) is 6.02. The zero-order valence-corrected chi connectivity index (χ0v) is 20.4. The summed E-state index contributed by atoms with van der Waals surface area (Å²) in [6.45, 7) is 2.39. The van der Waals surface area contributed by atoms with Crippen LogP contribution in [0.4, 0.5) is 5.69 Å². The van der Waals surface area contributed by atoms with Crippen LogP contribution in [0.1, 0.15) is 55.8 Å². The molecule has 2 amide bonds. The molecular formula is C29H35N3O3. The minimum atomic E-state index is -0.271. The van der Waals surface area contributed by atoms with Crippen molar-refractivity contribution in [1.29, 1.82) is 0 Å². The Morgan fingerprint density at radius 1 is 0.829 bits per heavy atom. The van der Waals surface area contributed by atoms with E-state index in [-0.39, 0.29) is 24.4 Å². The van der Waals surface area contributed by atoms with Crippen LogP contribution in [0.25, 0.3) is 10.8 Å². The maximum atomic E-state index is 12.6. The standard InChI is InChI=1S/C29H35N3O3/c1-2-27(33)16-8-4-7-15-26(20-30-25-18-17-22-11-9-10-14-24(22)19-25)32-28(34)21-31-29(35)23-12-5-3-6-13-23/h3,5-6,9-14,17-19,26,30H,2,4,7-8,15-16,20-21H2,1H3,(H,31,35)(H,32,34). The third-order valence-corrected chi connectivity index (χ3v) is 6.02. The van der Waals surface area contributed by atoms with Crippen molar-refractivity contribution in [1.82, 2.24) is 10.6 Å². The van der Waals surface area contributed by atoms with Crippen molar-refractivity contribution in [3.8, 4) is 0 Å². The number of rotatable bonds is 14. The van der Waals surface area contributed by atoms with Crippen LogP contribution >= 0.6 is 0 Å².